The van der Waals surface area contributed by atoms with Gasteiger partial charge in [-0.1, -0.05) is 18.2 Å². The highest BCUT2D eigenvalue weighted by molar-refractivity contribution is 5.81. The number of likely N-dealkylation sites (N-methyl/N-ethyl adjacent to an activating group) is 2. The van der Waals surface area contributed by atoms with Crippen molar-refractivity contribution in [1.82, 2.24) is 19.7 Å². The minimum Gasteiger partial charge on any atom is -0.362 e. The molecular weight excluding hydrogens is 290 g/mol. The monoisotopic (exact) mass is 313 g/mol. The van der Waals surface area contributed by atoms with E-state index >= 15 is 0 Å². The number of amides is 1. The minimum absolute atomic E-state index is 0.0889. The maximum Gasteiger partial charge on any atom is 0.242 e. The first-order chi connectivity index (χ1) is 11.2. The first-order valence-electron chi connectivity index (χ1n) is 8.14. The van der Waals surface area contributed by atoms with Crippen LogP contribution in [-0.4, -0.2) is 45.7 Å². The van der Waals surface area contributed by atoms with Crippen LogP contribution in [0.1, 0.15) is 25.0 Å². The van der Waals surface area contributed by atoms with Gasteiger partial charge in [0.2, 0.25) is 5.91 Å². The Morgan fingerprint density at radius 3 is 2.78 bits per heavy atom. The van der Waals surface area contributed by atoms with Crippen LogP contribution in [0.15, 0.2) is 30.3 Å². The summed E-state index contributed by atoms with van der Waals surface area (Å²) in [6, 6.07) is 10.0. The van der Waals surface area contributed by atoms with Gasteiger partial charge in [-0.2, -0.15) is 0 Å². The Morgan fingerprint density at radius 2 is 2.04 bits per heavy atom. The van der Waals surface area contributed by atoms with Gasteiger partial charge in [0, 0.05) is 32.2 Å². The second-order valence-electron chi connectivity index (χ2n) is 5.89. The summed E-state index contributed by atoms with van der Waals surface area (Å²) in [5.74, 6) is 2.02. The van der Waals surface area contributed by atoms with Gasteiger partial charge >= 0.3 is 0 Å². The van der Waals surface area contributed by atoms with Crippen LogP contribution in [0.25, 0.3) is 0 Å². The fourth-order valence-corrected chi connectivity index (χ4v) is 2.94. The molecule has 122 valence electrons. The number of hydrogen-bond acceptors (Lipinski definition) is 4. The molecule has 1 aliphatic heterocycles. The first kappa shape index (κ1) is 15.5. The van der Waals surface area contributed by atoms with Crippen molar-refractivity contribution in [2.45, 2.75) is 32.9 Å². The molecule has 0 bridgehead atoms. The molecule has 0 radical (unpaired) electrons. The Balaban J connectivity index is 1.63. The van der Waals surface area contributed by atoms with Crippen LogP contribution in [0, 0.1) is 0 Å². The smallest absolute Gasteiger partial charge is 0.242 e. The molecule has 6 heteroatoms. The van der Waals surface area contributed by atoms with Crippen molar-refractivity contribution >= 4 is 11.6 Å². The zero-order valence-electron chi connectivity index (χ0n) is 13.8. The van der Waals surface area contributed by atoms with Crippen molar-refractivity contribution in [3.8, 4) is 0 Å². The van der Waals surface area contributed by atoms with E-state index in [4.69, 9.17) is 0 Å². The lowest BCUT2D eigenvalue weighted by Gasteiger charge is -2.25. The molecule has 0 fully saturated rings. The summed E-state index contributed by atoms with van der Waals surface area (Å²) in [6.07, 6.45) is 2.11. The van der Waals surface area contributed by atoms with E-state index in [9.17, 15) is 4.79 Å². The summed E-state index contributed by atoms with van der Waals surface area (Å²) < 4.78 is 2.14. The number of rotatable bonds is 6. The van der Waals surface area contributed by atoms with Crippen molar-refractivity contribution in [3.63, 3.8) is 0 Å². The summed E-state index contributed by atoms with van der Waals surface area (Å²) in [5.41, 5.74) is 1.07. The van der Waals surface area contributed by atoms with Gasteiger partial charge in [-0.25, -0.2) is 0 Å². The molecule has 0 unspecified atom stereocenters. The van der Waals surface area contributed by atoms with Crippen LogP contribution in [-0.2, 0) is 24.3 Å². The highest BCUT2D eigenvalue weighted by Gasteiger charge is 2.20. The molecule has 1 amide bonds. The van der Waals surface area contributed by atoms with Crippen LogP contribution in [0.2, 0.25) is 0 Å². The lowest BCUT2D eigenvalue weighted by molar-refractivity contribution is -0.129. The molecular formula is C17H23N5O. The van der Waals surface area contributed by atoms with E-state index in [0.29, 0.717) is 13.1 Å². The van der Waals surface area contributed by atoms with Gasteiger partial charge in [0.05, 0.1) is 13.1 Å². The number of aryl methyl sites for hydroxylation is 1. The maximum atomic E-state index is 12.5. The molecule has 1 aliphatic rings. The van der Waals surface area contributed by atoms with E-state index in [1.54, 1.807) is 4.90 Å². The number of hydrogen-bond donors (Lipinski definition) is 0. The molecule has 0 aliphatic carbocycles. The average Bonchev–Trinajstić information content (AvgIpc) is 3.18. The molecule has 0 atom stereocenters. The fraction of sp³-hybridized carbons (Fsp3) is 0.471. The normalized spacial score (nSPS) is 13.0. The van der Waals surface area contributed by atoms with E-state index in [2.05, 4.69) is 26.6 Å². The van der Waals surface area contributed by atoms with Gasteiger partial charge in [0.15, 0.2) is 5.82 Å². The summed E-state index contributed by atoms with van der Waals surface area (Å²) in [4.78, 5) is 16.4. The largest absolute Gasteiger partial charge is 0.362 e. The molecule has 0 spiro atoms. The van der Waals surface area contributed by atoms with Crippen molar-refractivity contribution in [3.05, 3.63) is 42.0 Å². The highest BCUT2D eigenvalue weighted by atomic mass is 16.2. The standard InChI is InChI=1S/C17H23N5O/c1-3-21(14-8-5-4-6-9-14)13-17(23)20(2)12-16-19-18-15-10-7-11-22(15)16/h4-6,8-9H,3,7,10-13H2,1-2H3. The molecule has 2 aromatic rings. The molecule has 1 aromatic heterocycles. The Hall–Kier alpha value is -2.37. The first-order valence-corrected chi connectivity index (χ1v) is 8.14. The van der Waals surface area contributed by atoms with Gasteiger partial charge in [-0.3, -0.25) is 4.79 Å². The molecule has 3 rings (SSSR count). The van der Waals surface area contributed by atoms with E-state index < -0.39 is 0 Å². The Kier molecular flexibility index (Phi) is 4.60. The predicted molar refractivity (Wildman–Crippen MR) is 89.1 cm³/mol. The molecule has 0 saturated heterocycles. The van der Waals surface area contributed by atoms with E-state index in [1.807, 2.05) is 37.4 Å². The number of fused-ring (bicyclic) bond motifs is 1. The van der Waals surface area contributed by atoms with Gasteiger partial charge < -0.3 is 14.4 Å². The van der Waals surface area contributed by atoms with Crippen LogP contribution >= 0.6 is 0 Å². The van der Waals surface area contributed by atoms with Gasteiger partial charge in [-0.05, 0) is 25.5 Å². The lowest BCUT2D eigenvalue weighted by Crippen LogP contribution is -2.38. The number of anilines is 1. The Morgan fingerprint density at radius 1 is 1.26 bits per heavy atom. The topological polar surface area (TPSA) is 54.3 Å². The highest BCUT2D eigenvalue weighted by Crippen LogP contribution is 2.16. The number of carbonyl (C=O) groups excluding carboxylic acids is 1. The maximum absolute atomic E-state index is 12.5. The van der Waals surface area contributed by atoms with Crippen LogP contribution in [0.3, 0.4) is 0 Å². The van der Waals surface area contributed by atoms with Crippen molar-refractivity contribution < 1.29 is 4.79 Å². The summed E-state index contributed by atoms with van der Waals surface area (Å²) in [6.45, 7) is 4.70. The minimum atomic E-state index is 0.0889. The van der Waals surface area contributed by atoms with Gasteiger partial charge in [0.25, 0.3) is 0 Å². The van der Waals surface area contributed by atoms with E-state index in [1.165, 1.54) is 0 Å². The summed E-state index contributed by atoms with van der Waals surface area (Å²) in [7, 11) is 1.83. The third-order valence-corrected chi connectivity index (χ3v) is 4.32. The van der Waals surface area contributed by atoms with E-state index in [-0.39, 0.29) is 5.91 Å². The zero-order chi connectivity index (χ0) is 16.2. The van der Waals surface area contributed by atoms with Crippen molar-refractivity contribution in [2.24, 2.45) is 0 Å². The third kappa shape index (κ3) is 3.36. The van der Waals surface area contributed by atoms with Crippen molar-refractivity contribution in [1.29, 1.82) is 0 Å². The number of benzene rings is 1. The molecule has 6 nitrogen and oxygen atoms in total. The predicted octanol–water partition coefficient (Wildman–Crippen LogP) is 1.71. The number of carbonyl (C=O) groups is 1. The van der Waals surface area contributed by atoms with Crippen LogP contribution in [0.4, 0.5) is 5.69 Å². The summed E-state index contributed by atoms with van der Waals surface area (Å²) in [5, 5.41) is 8.42. The zero-order valence-corrected chi connectivity index (χ0v) is 13.8. The second-order valence-corrected chi connectivity index (χ2v) is 5.89. The average molecular weight is 313 g/mol. The molecule has 0 saturated carbocycles. The molecule has 0 N–H and O–H groups in total. The third-order valence-electron chi connectivity index (χ3n) is 4.32. The molecule has 2 heterocycles. The lowest BCUT2D eigenvalue weighted by atomic mass is 10.3. The van der Waals surface area contributed by atoms with Gasteiger partial charge in [-0.15, -0.1) is 10.2 Å². The second kappa shape index (κ2) is 6.81. The van der Waals surface area contributed by atoms with E-state index in [0.717, 1.165) is 43.3 Å². The van der Waals surface area contributed by atoms with Crippen molar-refractivity contribution in [2.75, 3.05) is 25.0 Å². The molecule has 23 heavy (non-hydrogen) atoms. The SMILES string of the molecule is CCN(CC(=O)N(C)Cc1nnc2n1CCC2)c1ccccc1. The van der Waals surface area contributed by atoms with Crippen LogP contribution in [0.5, 0.6) is 0 Å². The molecule has 1 aromatic carbocycles. The summed E-state index contributed by atoms with van der Waals surface area (Å²) >= 11 is 0. The Labute approximate surface area is 136 Å². The quantitative estimate of drug-likeness (QED) is 0.815. The fourth-order valence-electron chi connectivity index (χ4n) is 2.94. The number of nitrogens with zero attached hydrogens (tertiary/aromatic N) is 5. The number of aromatic nitrogens is 3. The Bertz CT molecular complexity index is 667. The van der Waals surface area contributed by atoms with Crippen LogP contribution < -0.4 is 4.90 Å². The van der Waals surface area contributed by atoms with Gasteiger partial charge in [0.1, 0.15) is 5.82 Å². The number of para-hydroxylation sites is 1.